The van der Waals surface area contributed by atoms with Gasteiger partial charge in [-0.3, -0.25) is 0 Å². The van der Waals surface area contributed by atoms with Gasteiger partial charge in [-0.2, -0.15) is 0 Å². The molecule has 18 heavy (non-hydrogen) atoms. The van der Waals surface area contributed by atoms with Crippen LogP contribution in [0.15, 0.2) is 5.38 Å². The Morgan fingerprint density at radius 3 is 2.72 bits per heavy atom. The van der Waals surface area contributed by atoms with Crippen LogP contribution in [0.5, 0.6) is 0 Å². The number of rotatable bonds is 5. The molecule has 6 heteroatoms. The first-order valence-corrected chi connectivity index (χ1v) is 7.67. The highest BCUT2D eigenvalue weighted by molar-refractivity contribution is 7.09. The van der Waals surface area contributed by atoms with Crippen molar-refractivity contribution in [2.45, 2.75) is 39.2 Å². The molecular weight excluding hydrogens is 264 g/mol. The highest BCUT2D eigenvalue weighted by Crippen LogP contribution is 2.29. The quantitative estimate of drug-likeness (QED) is 0.916. The van der Waals surface area contributed by atoms with Crippen molar-refractivity contribution in [3.05, 3.63) is 26.7 Å². The van der Waals surface area contributed by atoms with Gasteiger partial charge in [0.05, 0.1) is 21.6 Å². The standard InChI is InChI=1S/C12H18N4S2/c1-7(2)11-12(18-16-15-11)9(13-4)5-10-14-8(3)6-17-10/h6-7,9,13H,5H2,1-4H3. The summed E-state index contributed by atoms with van der Waals surface area (Å²) in [6.07, 6.45) is 0.901. The minimum atomic E-state index is 0.257. The molecule has 0 radical (unpaired) electrons. The van der Waals surface area contributed by atoms with E-state index in [1.54, 1.807) is 11.3 Å². The van der Waals surface area contributed by atoms with Gasteiger partial charge in [0.2, 0.25) is 0 Å². The third-order valence-corrected chi connectivity index (χ3v) is 4.64. The van der Waals surface area contributed by atoms with Gasteiger partial charge in [0.1, 0.15) is 0 Å². The summed E-state index contributed by atoms with van der Waals surface area (Å²) in [7, 11) is 1.98. The van der Waals surface area contributed by atoms with Gasteiger partial charge in [0.25, 0.3) is 0 Å². The molecule has 1 atom stereocenters. The Kier molecular flexibility index (Phi) is 4.42. The van der Waals surface area contributed by atoms with Gasteiger partial charge in [0, 0.05) is 17.5 Å². The average molecular weight is 282 g/mol. The van der Waals surface area contributed by atoms with Gasteiger partial charge in [0.15, 0.2) is 0 Å². The number of thiazole rings is 1. The van der Waals surface area contributed by atoms with Gasteiger partial charge in [-0.05, 0) is 31.4 Å². The van der Waals surface area contributed by atoms with Gasteiger partial charge >= 0.3 is 0 Å². The van der Waals surface area contributed by atoms with E-state index in [9.17, 15) is 0 Å². The van der Waals surface area contributed by atoms with Crippen molar-refractivity contribution >= 4 is 22.9 Å². The molecule has 0 amide bonds. The summed E-state index contributed by atoms with van der Waals surface area (Å²) < 4.78 is 4.09. The van der Waals surface area contributed by atoms with Crippen LogP contribution in [-0.2, 0) is 6.42 Å². The van der Waals surface area contributed by atoms with E-state index in [4.69, 9.17) is 0 Å². The molecule has 98 valence electrons. The van der Waals surface area contributed by atoms with E-state index >= 15 is 0 Å². The molecule has 0 saturated heterocycles. The molecule has 4 nitrogen and oxygen atoms in total. The van der Waals surface area contributed by atoms with Crippen LogP contribution in [0.2, 0.25) is 0 Å². The van der Waals surface area contributed by atoms with Crippen molar-refractivity contribution < 1.29 is 0 Å². The normalized spacial score (nSPS) is 13.2. The average Bonchev–Trinajstić information content (AvgIpc) is 2.94. The van der Waals surface area contributed by atoms with Crippen molar-refractivity contribution in [1.82, 2.24) is 19.9 Å². The maximum atomic E-state index is 4.53. The van der Waals surface area contributed by atoms with Gasteiger partial charge < -0.3 is 5.32 Å². The second-order valence-electron chi connectivity index (χ2n) is 4.61. The molecule has 0 saturated carbocycles. The molecule has 0 aliphatic carbocycles. The van der Waals surface area contributed by atoms with Crippen LogP contribution >= 0.6 is 22.9 Å². The van der Waals surface area contributed by atoms with Crippen molar-refractivity contribution in [2.75, 3.05) is 7.05 Å². The summed E-state index contributed by atoms with van der Waals surface area (Å²) in [5.74, 6) is 0.410. The van der Waals surface area contributed by atoms with Crippen LogP contribution in [-0.4, -0.2) is 21.6 Å². The molecule has 0 fully saturated rings. The molecular formula is C12H18N4S2. The predicted molar refractivity (Wildman–Crippen MR) is 76.4 cm³/mol. The third kappa shape index (κ3) is 2.93. The molecule has 0 spiro atoms. The largest absolute Gasteiger partial charge is 0.312 e. The summed E-state index contributed by atoms with van der Waals surface area (Å²) in [6.45, 7) is 6.34. The van der Waals surface area contributed by atoms with Gasteiger partial charge in [-0.15, -0.1) is 16.4 Å². The lowest BCUT2D eigenvalue weighted by Gasteiger charge is -2.15. The maximum Gasteiger partial charge on any atom is 0.0947 e. The Morgan fingerprint density at radius 2 is 2.17 bits per heavy atom. The number of hydrogen-bond acceptors (Lipinski definition) is 6. The van der Waals surface area contributed by atoms with Crippen molar-refractivity contribution in [3.63, 3.8) is 0 Å². The molecule has 1 N–H and O–H groups in total. The third-order valence-electron chi connectivity index (χ3n) is 2.80. The van der Waals surface area contributed by atoms with E-state index in [0.717, 1.165) is 22.8 Å². The van der Waals surface area contributed by atoms with E-state index in [1.165, 1.54) is 16.4 Å². The fraction of sp³-hybridized carbons (Fsp3) is 0.583. The zero-order chi connectivity index (χ0) is 13.1. The fourth-order valence-electron chi connectivity index (χ4n) is 1.84. The Hall–Kier alpha value is -0.850. The van der Waals surface area contributed by atoms with E-state index in [-0.39, 0.29) is 6.04 Å². The first kappa shape index (κ1) is 13.6. The van der Waals surface area contributed by atoms with Crippen molar-refractivity contribution in [3.8, 4) is 0 Å². The number of nitrogens with one attached hydrogen (secondary N) is 1. The van der Waals surface area contributed by atoms with Crippen molar-refractivity contribution in [2.24, 2.45) is 0 Å². The first-order chi connectivity index (χ1) is 8.61. The second kappa shape index (κ2) is 5.86. The highest BCUT2D eigenvalue weighted by atomic mass is 32.1. The predicted octanol–water partition coefficient (Wildman–Crippen LogP) is 2.93. The Bertz CT molecular complexity index is 504. The summed E-state index contributed by atoms with van der Waals surface area (Å²) >= 11 is 3.21. The number of likely N-dealkylation sites (N-methyl/N-ethyl adjacent to an activating group) is 1. The molecule has 2 aromatic heterocycles. The molecule has 0 aromatic carbocycles. The van der Waals surface area contributed by atoms with Crippen LogP contribution in [0.1, 0.15) is 47.1 Å². The topological polar surface area (TPSA) is 50.7 Å². The molecule has 2 heterocycles. The lowest BCUT2D eigenvalue weighted by molar-refractivity contribution is 0.587. The van der Waals surface area contributed by atoms with E-state index in [2.05, 4.69) is 39.1 Å². The number of aromatic nitrogens is 3. The zero-order valence-corrected chi connectivity index (χ0v) is 12.7. The monoisotopic (exact) mass is 282 g/mol. The summed E-state index contributed by atoms with van der Waals surface area (Å²) in [5, 5.41) is 10.9. The second-order valence-corrected chi connectivity index (χ2v) is 6.33. The highest BCUT2D eigenvalue weighted by Gasteiger charge is 2.21. The van der Waals surface area contributed by atoms with E-state index in [0.29, 0.717) is 5.92 Å². The number of hydrogen-bond donors (Lipinski definition) is 1. The lowest BCUT2D eigenvalue weighted by atomic mass is 10.0. The van der Waals surface area contributed by atoms with Crippen molar-refractivity contribution in [1.29, 1.82) is 0 Å². The maximum absolute atomic E-state index is 4.53. The Balaban J connectivity index is 2.20. The number of aryl methyl sites for hydroxylation is 1. The van der Waals surface area contributed by atoms with Crippen LogP contribution in [0.3, 0.4) is 0 Å². The van der Waals surface area contributed by atoms with Crippen LogP contribution in [0, 0.1) is 6.92 Å². The van der Waals surface area contributed by atoms with E-state index in [1.807, 2.05) is 14.0 Å². The first-order valence-electron chi connectivity index (χ1n) is 6.02. The minimum Gasteiger partial charge on any atom is -0.312 e. The number of nitrogens with zero attached hydrogens (tertiary/aromatic N) is 3. The van der Waals surface area contributed by atoms with Crippen LogP contribution < -0.4 is 5.32 Å². The summed E-state index contributed by atoms with van der Waals surface area (Å²) in [6, 6.07) is 0.257. The SMILES string of the molecule is CNC(Cc1nc(C)cs1)c1snnc1C(C)C. The van der Waals surface area contributed by atoms with E-state index < -0.39 is 0 Å². The molecule has 0 aliphatic rings. The molecule has 1 unspecified atom stereocenters. The molecule has 2 aromatic rings. The minimum absolute atomic E-state index is 0.257. The Morgan fingerprint density at radius 1 is 1.39 bits per heavy atom. The molecule has 2 rings (SSSR count). The van der Waals surface area contributed by atoms with Crippen LogP contribution in [0.4, 0.5) is 0 Å². The lowest BCUT2D eigenvalue weighted by Crippen LogP contribution is -2.19. The molecule has 0 aliphatic heterocycles. The van der Waals surface area contributed by atoms with Crippen LogP contribution in [0.25, 0.3) is 0 Å². The molecule has 0 bridgehead atoms. The summed E-state index contributed by atoms with van der Waals surface area (Å²) in [5.41, 5.74) is 2.20. The Labute approximate surface area is 116 Å². The summed E-state index contributed by atoms with van der Waals surface area (Å²) in [4.78, 5) is 5.76. The zero-order valence-electron chi connectivity index (χ0n) is 11.1. The van der Waals surface area contributed by atoms with Gasteiger partial charge in [-0.1, -0.05) is 18.3 Å². The fourth-order valence-corrected chi connectivity index (χ4v) is 3.58. The van der Waals surface area contributed by atoms with Gasteiger partial charge in [-0.25, -0.2) is 4.98 Å². The smallest absolute Gasteiger partial charge is 0.0947 e.